The molecule has 2 aromatic carbocycles. The third kappa shape index (κ3) is 5.02. The Morgan fingerprint density at radius 2 is 1.84 bits per heavy atom. The number of azo groups is 1. The van der Waals surface area contributed by atoms with Crippen LogP contribution >= 0.6 is 12.0 Å². The molecule has 6 N–H and O–H groups in total. The van der Waals surface area contributed by atoms with Crippen molar-refractivity contribution in [3.63, 3.8) is 0 Å². The van der Waals surface area contributed by atoms with Crippen LogP contribution in [0.5, 0.6) is 0 Å². The molecule has 168 valence electrons. The summed E-state index contributed by atoms with van der Waals surface area (Å²) in [5, 5.41) is 31.2. The van der Waals surface area contributed by atoms with Crippen molar-refractivity contribution in [1.82, 2.24) is 9.78 Å². The number of nitrogen functional groups attached to an aromatic ring is 1. The van der Waals surface area contributed by atoms with Gasteiger partial charge in [0.2, 0.25) is 0 Å². The fourth-order valence-corrected chi connectivity index (χ4v) is 3.42. The van der Waals surface area contributed by atoms with Crippen LogP contribution in [0.15, 0.2) is 67.3 Å². The molecule has 0 unspecified atom stereocenters. The van der Waals surface area contributed by atoms with Crippen LogP contribution in [0.25, 0.3) is 5.69 Å². The molecule has 32 heavy (non-hydrogen) atoms. The Hall–Kier alpha value is -3.54. The van der Waals surface area contributed by atoms with Crippen LogP contribution in [0.1, 0.15) is 10.5 Å². The first-order chi connectivity index (χ1) is 15.1. The van der Waals surface area contributed by atoms with Crippen LogP contribution in [0.3, 0.4) is 0 Å². The smallest absolute Gasteiger partial charge is 0.356 e. The van der Waals surface area contributed by atoms with Gasteiger partial charge in [-0.25, -0.2) is 14.7 Å². The molecule has 0 bridgehead atoms. The number of nitrogens with one attached hydrogen (secondary N) is 1. The van der Waals surface area contributed by atoms with Gasteiger partial charge in [-0.2, -0.15) is 8.42 Å². The Bertz CT molecular complexity index is 1350. The van der Waals surface area contributed by atoms with Gasteiger partial charge in [0, 0.05) is 5.69 Å². The van der Waals surface area contributed by atoms with Crippen molar-refractivity contribution in [2.24, 2.45) is 10.2 Å². The number of carboxylic acid groups (broad SMARTS) is 1. The summed E-state index contributed by atoms with van der Waals surface area (Å²) in [5.41, 5.74) is 4.13. The Balaban J connectivity index is 2.04. The van der Waals surface area contributed by atoms with E-state index < -0.39 is 37.9 Å². The van der Waals surface area contributed by atoms with E-state index >= 15 is 0 Å². The molecule has 0 aliphatic heterocycles. The Labute approximate surface area is 182 Å². The molecule has 0 radical (unpaired) electrons. The lowest BCUT2D eigenvalue weighted by Crippen LogP contribution is -2.14. The van der Waals surface area contributed by atoms with E-state index in [1.807, 2.05) is 0 Å². The van der Waals surface area contributed by atoms with Gasteiger partial charge in [0.05, 0.1) is 27.5 Å². The third-order valence-electron chi connectivity index (χ3n) is 3.87. The van der Waals surface area contributed by atoms with Crippen LogP contribution in [0, 0.1) is 0 Å². The number of carboxylic acids is 1. The molecule has 0 aliphatic rings. The molecule has 0 atom stereocenters. The highest BCUT2D eigenvalue weighted by molar-refractivity contribution is 7.94. The summed E-state index contributed by atoms with van der Waals surface area (Å²) >= 11 is 0.533. The summed E-state index contributed by atoms with van der Waals surface area (Å²) in [6.45, 7) is 0. The second kappa shape index (κ2) is 9.30. The van der Waals surface area contributed by atoms with Crippen LogP contribution in [-0.2, 0) is 19.5 Å². The van der Waals surface area contributed by atoms with Crippen LogP contribution < -0.4 is 11.3 Å². The lowest BCUT2D eigenvalue weighted by molar-refractivity contribution is -0.432. The number of hydrogen-bond acceptors (Lipinski definition) is 11. The lowest BCUT2D eigenvalue weighted by atomic mass is 10.3. The molecule has 3 aromatic rings. The fourth-order valence-electron chi connectivity index (χ4n) is 2.46. The topological polar surface area (TPSA) is 219 Å². The van der Waals surface area contributed by atoms with Gasteiger partial charge < -0.3 is 10.8 Å². The van der Waals surface area contributed by atoms with E-state index in [1.54, 1.807) is 0 Å². The maximum atomic E-state index is 12.8. The number of H-pyrrole nitrogens is 1. The Morgan fingerprint density at radius 1 is 1.16 bits per heavy atom. The second-order valence-electron chi connectivity index (χ2n) is 5.90. The van der Waals surface area contributed by atoms with E-state index in [0.717, 1.165) is 16.8 Å². The molecule has 16 heteroatoms. The zero-order chi connectivity index (χ0) is 23.5. The number of nitrogens with two attached hydrogens (primary N) is 1. The monoisotopic (exact) mass is 483 g/mol. The first-order valence-electron chi connectivity index (χ1n) is 8.24. The normalized spacial score (nSPS) is 11.8. The number of aromatic nitrogens is 2. The summed E-state index contributed by atoms with van der Waals surface area (Å²) in [7, 11) is -4.45. The molecule has 0 spiro atoms. The van der Waals surface area contributed by atoms with E-state index in [9.17, 15) is 23.1 Å². The molecule has 1 heterocycles. The van der Waals surface area contributed by atoms with Gasteiger partial charge in [0.1, 0.15) is 5.69 Å². The van der Waals surface area contributed by atoms with Crippen LogP contribution in [0.2, 0.25) is 0 Å². The molecular weight excluding hydrogens is 470 g/mol. The maximum absolute atomic E-state index is 12.8. The molecule has 1 aromatic heterocycles. The predicted molar refractivity (Wildman–Crippen MR) is 109 cm³/mol. The molecule has 0 aliphatic carbocycles. The first-order valence-corrected chi connectivity index (χ1v) is 10.4. The summed E-state index contributed by atoms with van der Waals surface area (Å²) in [6, 6.07) is 8.68. The summed E-state index contributed by atoms with van der Waals surface area (Å²) < 4.78 is 36.5. The average Bonchev–Trinajstić information content (AvgIpc) is 3.07. The predicted octanol–water partition coefficient (Wildman–Crippen LogP) is 2.54. The van der Waals surface area contributed by atoms with Crippen molar-refractivity contribution in [2.75, 3.05) is 5.73 Å². The Kier molecular flexibility index (Phi) is 6.72. The van der Waals surface area contributed by atoms with E-state index in [-0.39, 0.29) is 16.3 Å². The van der Waals surface area contributed by atoms with Crippen molar-refractivity contribution in [3.8, 4) is 5.69 Å². The number of anilines is 1. The van der Waals surface area contributed by atoms with E-state index in [0.29, 0.717) is 17.7 Å². The van der Waals surface area contributed by atoms with Crippen LogP contribution in [-0.4, -0.2) is 39.1 Å². The molecular formula is C16H13N5O9S2. The molecule has 14 nitrogen and oxygen atoms in total. The number of hydrogen-bond donors (Lipinski definition) is 5. The summed E-state index contributed by atoms with van der Waals surface area (Å²) in [6.07, 6.45) is 0. The number of aromatic amines is 1. The number of aromatic carboxylic acids is 1. The van der Waals surface area contributed by atoms with Crippen molar-refractivity contribution >= 4 is 45.2 Å². The quantitative estimate of drug-likeness (QED) is 0.0782. The first kappa shape index (κ1) is 23.1. The highest BCUT2D eigenvalue weighted by Crippen LogP contribution is 2.33. The number of carbonyl (C=O) groups is 1. The molecule has 0 fully saturated rings. The van der Waals surface area contributed by atoms with E-state index in [1.165, 1.54) is 30.3 Å². The van der Waals surface area contributed by atoms with E-state index in [2.05, 4.69) is 24.7 Å². The summed E-state index contributed by atoms with van der Waals surface area (Å²) in [4.78, 5) is 24.2. The SMILES string of the molecule is Nc1ccc(N=Nc2c(C(=O)O)[nH]n(-c3ccc(S(=O)(=O)O)cc3)c2=O)c(SOOO)c1. The van der Waals surface area contributed by atoms with Crippen molar-refractivity contribution in [2.45, 2.75) is 9.79 Å². The summed E-state index contributed by atoms with van der Waals surface area (Å²) in [5.74, 6) is -1.51. The number of benzene rings is 2. The van der Waals surface area contributed by atoms with Crippen LogP contribution in [0.4, 0.5) is 17.1 Å². The highest BCUT2D eigenvalue weighted by atomic mass is 32.2. The minimum absolute atomic E-state index is 0.0728. The zero-order valence-corrected chi connectivity index (χ0v) is 17.2. The molecule has 3 rings (SSSR count). The number of nitrogens with zero attached hydrogens (tertiary/aromatic N) is 3. The number of rotatable bonds is 8. The van der Waals surface area contributed by atoms with Gasteiger partial charge in [0.25, 0.3) is 15.7 Å². The second-order valence-corrected chi connectivity index (χ2v) is 8.07. The average molecular weight is 483 g/mol. The van der Waals surface area contributed by atoms with Gasteiger partial charge in [-0.15, -0.1) is 14.6 Å². The van der Waals surface area contributed by atoms with Crippen molar-refractivity contribution in [1.29, 1.82) is 0 Å². The van der Waals surface area contributed by atoms with Gasteiger partial charge in [-0.05, 0) is 42.5 Å². The third-order valence-corrected chi connectivity index (χ3v) is 5.37. The van der Waals surface area contributed by atoms with Gasteiger partial charge in [-0.3, -0.25) is 14.4 Å². The van der Waals surface area contributed by atoms with E-state index in [4.69, 9.17) is 15.5 Å². The zero-order valence-electron chi connectivity index (χ0n) is 15.6. The Morgan fingerprint density at radius 3 is 2.44 bits per heavy atom. The minimum atomic E-state index is -4.45. The fraction of sp³-hybridized carbons (Fsp3) is 0. The largest absolute Gasteiger partial charge is 0.476 e. The lowest BCUT2D eigenvalue weighted by Gasteiger charge is -2.03. The van der Waals surface area contributed by atoms with Crippen molar-refractivity contribution in [3.05, 3.63) is 58.5 Å². The van der Waals surface area contributed by atoms with Gasteiger partial charge >= 0.3 is 5.97 Å². The molecule has 0 saturated carbocycles. The maximum Gasteiger partial charge on any atom is 0.356 e. The minimum Gasteiger partial charge on any atom is -0.476 e. The highest BCUT2D eigenvalue weighted by Gasteiger charge is 2.21. The molecule has 0 saturated heterocycles. The van der Waals surface area contributed by atoms with Gasteiger partial charge in [0.15, 0.2) is 11.4 Å². The van der Waals surface area contributed by atoms with Gasteiger partial charge in [-0.1, -0.05) is 5.04 Å². The molecule has 0 amide bonds. The standard InChI is InChI=1S/C16H13N5O9S2/c17-8-1-6-11(12(7-8)31-30-29-25)18-19-13-14(16(23)24)20-21(15(13)22)9-2-4-10(5-3-9)32(26,27)28/h1-7,20,25H,17H2,(H,23,24)(H,26,27,28). The van der Waals surface area contributed by atoms with Crippen molar-refractivity contribution < 1.29 is 37.5 Å².